The summed E-state index contributed by atoms with van der Waals surface area (Å²) in [5.74, 6) is 0. The maximum absolute atomic E-state index is 6.64. The van der Waals surface area contributed by atoms with Crippen molar-refractivity contribution in [1.29, 1.82) is 0 Å². The molecular formula is C46H42IrN2OS-2. The molecule has 4 heterocycles. The number of hydrogen-bond acceptors (Lipinski definition) is 4. The maximum Gasteiger partial charge on any atom is 0.138 e. The van der Waals surface area contributed by atoms with Gasteiger partial charge in [-0.05, 0) is 90.2 Å². The van der Waals surface area contributed by atoms with Crippen LogP contribution in [0.4, 0.5) is 0 Å². The number of aryl methyl sites for hydroxylation is 6. The van der Waals surface area contributed by atoms with Crippen LogP contribution in [-0.2, 0) is 25.5 Å². The second-order valence-corrected chi connectivity index (χ2v) is 15.7. The first-order chi connectivity index (χ1) is 23.9. The van der Waals surface area contributed by atoms with Crippen LogP contribution >= 0.6 is 11.3 Å². The van der Waals surface area contributed by atoms with E-state index < -0.39 is 0 Å². The minimum Gasteiger partial charge on any atom is -0.499 e. The molecule has 3 nitrogen and oxygen atoms in total. The average molecular weight is 863 g/mol. The van der Waals surface area contributed by atoms with Crippen molar-refractivity contribution < 1.29 is 24.5 Å². The standard InChI is InChI=1S/C33H30NOS.C13H12N.Ir/c1-18-10-8-11-19(2)29(18)26-17-34-28(16-27(26)33(5,6)7)25-13-9-12-23-24-15-14-22-20(3)21(4)36-32(22)31(24)35-30(23)25;1-10-3-6-12(7-4-10)13-8-5-11(2)9-14-13;/h8-12,14-17H,1-7H3;3-6,8-9H,1-2H3;/q2*-1;. The first kappa shape index (κ1) is 36.4. The molecule has 0 N–H and O–H groups in total. The van der Waals surface area contributed by atoms with Crippen molar-refractivity contribution in [1.82, 2.24) is 9.97 Å². The topological polar surface area (TPSA) is 38.9 Å². The molecule has 4 aromatic carbocycles. The molecule has 0 bridgehead atoms. The molecule has 0 amide bonds. The van der Waals surface area contributed by atoms with Gasteiger partial charge in [-0.25, -0.2) is 0 Å². The monoisotopic (exact) mass is 863 g/mol. The Labute approximate surface area is 319 Å². The van der Waals surface area contributed by atoms with Crippen LogP contribution in [0.25, 0.3) is 65.7 Å². The van der Waals surface area contributed by atoms with Crippen molar-refractivity contribution in [3.8, 4) is 33.6 Å². The summed E-state index contributed by atoms with van der Waals surface area (Å²) >= 11 is 1.81. The van der Waals surface area contributed by atoms with E-state index in [2.05, 4.69) is 127 Å². The van der Waals surface area contributed by atoms with E-state index in [0.717, 1.165) is 44.5 Å². The van der Waals surface area contributed by atoms with Gasteiger partial charge in [0.1, 0.15) is 5.58 Å². The van der Waals surface area contributed by atoms with E-state index >= 15 is 0 Å². The Morgan fingerprint density at radius 3 is 2.04 bits per heavy atom. The molecule has 0 unspecified atom stereocenters. The zero-order chi connectivity index (χ0) is 35.3. The molecule has 0 aliphatic carbocycles. The fourth-order valence-electron chi connectivity index (χ4n) is 6.73. The largest absolute Gasteiger partial charge is 0.499 e. The summed E-state index contributed by atoms with van der Waals surface area (Å²) in [7, 11) is 0. The van der Waals surface area contributed by atoms with Crippen LogP contribution < -0.4 is 0 Å². The quantitative estimate of drug-likeness (QED) is 0.166. The van der Waals surface area contributed by atoms with E-state index in [4.69, 9.17) is 9.40 Å². The van der Waals surface area contributed by atoms with Gasteiger partial charge in [0.15, 0.2) is 0 Å². The second kappa shape index (κ2) is 14.3. The van der Waals surface area contributed by atoms with Gasteiger partial charge in [-0.3, -0.25) is 0 Å². The third-order valence-corrected chi connectivity index (χ3v) is 10.8. The van der Waals surface area contributed by atoms with E-state index in [1.54, 1.807) is 0 Å². The smallest absolute Gasteiger partial charge is 0.138 e. The van der Waals surface area contributed by atoms with Crippen LogP contribution in [0.5, 0.6) is 0 Å². The normalized spacial score (nSPS) is 11.5. The zero-order valence-corrected chi connectivity index (χ0v) is 33.9. The molecule has 0 saturated heterocycles. The number of hydrogen-bond donors (Lipinski definition) is 0. The number of fused-ring (bicyclic) bond motifs is 5. The van der Waals surface area contributed by atoms with Crippen molar-refractivity contribution in [2.45, 2.75) is 67.7 Å². The maximum atomic E-state index is 6.64. The molecule has 0 aliphatic rings. The van der Waals surface area contributed by atoms with E-state index in [1.807, 2.05) is 54.9 Å². The summed E-state index contributed by atoms with van der Waals surface area (Å²) in [6, 6.07) is 34.1. The van der Waals surface area contributed by atoms with Crippen molar-refractivity contribution in [2.75, 3.05) is 0 Å². The number of furan rings is 1. The van der Waals surface area contributed by atoms with E-state index in [0.29, 0.717) is 0 Å². The molecule has 5 heteroatoms. The Morgan fingerprint density at radius 2 is 1.37 bits per heavy atom. The molecule has 4 aromatic heterocycles. The summed E-state index contributed by atoms with van der Waals surface area (Å²) in [5.41, 5.74) is 15.6. The number of nitrogens with zero attached hydrogens (tertiary/aromatic N) is 2. The molecule has 0 atom stereocenters. The molecule has 8 rings (SSSR count). The molecule has 0 spiro atoms. The summed E-state index contributed by atoms with van der Waals surface area (Å²) in [6.45, 7) is 19.6. The van der Waals surface area contributed by atoms with Gasteiger partial charge in [0.2, 0.25) is 0 Å². The molecular weight excluding hydrogens is 821 g/mol. The Bertz CT molecular complexity index is 2450. The number of thiophene rings is 1. The second-order valence-electron chi connectivity index (χ2n) is 14.4. The van der Waals surface area contributed by atoms with Crippen molar-refractivity contribution in [2.24, 2.45) is 0 Å². The van der Waals surface area contributed by atoms with Crippen LogP contribution in [-0.4, -0.2) is 9.97 Å². The molecule has 51 heavy (non-hydrogen) atoms. The third-order valence-electron chi connectivity index (χ3n) is 9.62. The van der Waals surface area contributed by atoms with Crippen molar-refractivity contribution in [3.05, 3.63) is 142 Å². The Kier molecular flexibility index (Phi) is 10.2. The van der Waals surface area contributed by atoms with E-state index in [9.17, 15) is 0 Å². The minimum absolute atomic E-state index is 0. The molecule has 1 radical (unpaired) electrons. The average Bonchev–Trinajstić information content (AvgIpc) is 3.62. The SMILES string of the molecule is Cc1c[c-]c(-c2ccc(C)cn2)cc1.Cc1cccc(C)c1-c1cnc(-c2[c-]ccc3c2oc2c3ccc3c(C)c(C)sc32)cc1C(C)(C)C.[Ir]. The summed E-state index contributed by atoms with van der Waals surface area (Å²) < 4.78 is 7.86. The minimum atomic E-state index is -0.0539. The van der Waals surface area contributed by atoms with Crippen LogP contribution in [0, 0.1) is 53.7 Å². The van der Waals surface area contributed by atoms with E-state index in [-0.39, 0.29) is 25.5 Å². The summed E-state index contributed by atoms with van der Waals surface area (Å²) in [4.78, 5) is 10.7. The zero-order valence-electron chi connectivity index (χ0n) is 30.7. The summed E-state index contributed by atoms with van der Waals surface area (Å²) in [6.07, 6.45) is 3.92. The van der Waals surface area contributed by atoms with Gasteiger partial charge in [-0.2, -0.15) is 0 Å². The first-order valence-electron chi connectivity index (χ1n) is 17.1. The molecule has 8 aromatic rings. The fourth-order valence-corrected chi connectivity index (χ4v) is 7.87. The van der Waals surface area contributed by atoms with E-state index in [1.165, 1.54) is 59.5 Å². The Hall–Kier alpha value is -4.41. The van der Waals surface area contributed by atoms with Crippen LogP contribution in [0.2, 0.25) is 0 Å². The molecule has 0 fully saturated rings. The predicted octanol–water partition coefficient (Wildman–Crippen LogP) is 13.0. The fraction of sp³-hybridized carbons (Fsp3) is 0.217. The molecule has 0 saturated carbocycles. The van der Waals surface area contributed by atoms with Gasteiger partial charge < -0.3 is 14.4 Å². The number of pyridine rings is 2. The number of aromatic nitrogens is 2. The first-order valence-corrected chi connectivity index (χ1v) is 18.0. The Morgan fingerprint density at radius 1 is 0.686 bits per heavy atom. The van der Waals surface area contributed by atoms with Gasteiger partial charge in [-0.1, -0.05) is 87.2 Å². The van der Waals surface area contributed by atoms with Gasteiger partial charge >= 0.3 is 0 Å². The number of benzene rings is 4. The predicted molar refractivity (Wildman–Crippen MR) is 212 cm³/mol. The van der Waals surface area contributed by atoms with Crippen LogP contribution in [0.15, 0.2) is 95.7 Å². The van der Waals surface area contributed by atoms with Gasteiger partial charge in [0.05, 0.1) is 10.3 Å². The van der Waals surface area contributed by atoms with Crippen LogP contribution in [0.3, 0.4) is 0 Å². The summed E-state index contributed by atoms with van der Waals surface area (Å²) in [5, 5.41) is 3.54. The Balaban J connectivity index is 0.000000251. The molecule has 0 aliphatic heterocycles. The van der Waals surface area contributed by atoms with Crippen molar-refractivity contribution >= 4 is 43.4 Å². The van der Waals surface area contributed by atoms with Crippen LogP contribution in [0.1, 0.15) is 59.0 Å². The van der Waals surface area contributed by atoms with Crippen molar-refractivity contribution in [3.63, 3.8) is 0 Å². The van der Waals surface area contributed by atoms with Gasteiger partial charge in [0, 0.05) is 48.3 Å². The number of rotatable bonds is 3. The third kappa shape index (κ3) is 6.96. The van der Waals surface area contributed by atoms with Gasteiger partial charge in [0.25, 0.3) is 0 Å². The van der Waals surface area contributed by atoms with Gasteiger partial charge in [-0.15, -0.1) is 64.9 Å². The molecule has 259 valence electrons.